The van der Waals surface area contributed by atoms with Crippen LogP contribution in [0.1, 0.15) is 30.1 Å². The lowest BCUT2D eigenvalue weighted by Gasteiger charge is -2.29. The number of carbonyl (C=O) groups is 2. The molecule has 0 radical (unpaired) electrons. The summed E-state index contributed by atoms with van der Waals surface area (Å²) in [7, 11) is 0. The summed E-state index contributed by atoms with van der Waals surface area (Å²) in [5, 5.41) is 5.94. The maximum absolute atomic E-state index is 13.3. The second-order valence-electron chi connectivity index (χ2n) is 7.73. The summed E-state index contributed by atoms with van der Waals surface area (Å²) in [5.41, 5.74) is 2.59. The second kappa shape index (κ2) is 9.23. The van der Waals surface area contributed by atoms with Crippen LogP contribution in [0.4, 0.5) is 21.9 Å². The van der Waals surface area contributed by atoms with E-state index in [1.54, 1.807) is 48.5 Å². The quantitative estimate of drug-likeness (QED) is 0.470. The summed E-state index contributed by atoms with van der Waals surface area (Å²) in [6.45, 7) is 2.11. The molecule has 0 saturated heterocycles. The first kappa shape index (κ1) is 20.9. The third kappa shape index (κ3) is 5.06. The number of urea groups is 1. The molecular weight excluding hydrogens is 410 g/mol. The number of nitrogens with one attached hydrogen (secondary N) is 2. The van der Waals surface area contributed by atoms with Gasteiger partial charge in [0.1, 0.15) is 0 Å². The minimum absolute atomic E-state index is 0.0438. The largest absolute Gasteiger partial charge is 0.323 e. The third-order valence-electron chi connectivity index (χ3n) is 5.48. The van der Waals surface area contributed by atoms with Crippen molar-refractivity contribution in [2.75, 3.05) is 15.5 Å². The fourth-order valence-electron chi connectivity index (χ4n) is 3.60. The Morgan fingerprint density at radius 1 is 0.903 bits per heavy atom. The van der Waals surface area contributed by atoms with Gasteiger partial charge in [0.05, 0.1) is 10.7 Å². The van der Waals surface area contributed by atoms with Crippen LogP contribution in [0.2, 0.25) is 5.02 Å². The van der Waals surface area contributed by atoms with Gasteiger partial charge in [0.25, 0.3) is 5.91 Å². The number of hydrogen-bond acceptors (Lipinski definition) is 2. The van der Waals surface area contributed by atoms with Crippen molar-refractivity contribution < 1.29 is 9.59 Å². The Kier molecular flexibility index (Phi) is 6.23. The Labute approximate surface area is 187 Å². The first-order valence-corrected chi connectivity index (χ1v) is 10.7. The molecule has 0 bridgehead atoms. The summed E-state index contributed by atoms with van der Waals surface area (Å²) < 4.78 is 0. The molecular formula is C25H24ClN3O2. The molecule has 1 saturated carbocycles. The van der Waals surface area contributed by atoms with Crippen LogP contribution in [-0.2, 0) is 0 Å². The van der Waals surface area contributed by atoms with Gasteiger partial charge in [-0.15, -0.1) is 0 Å². The predicted molar refractivity (Wildman–Crippen MR) is 126 cm³/mol. The van der Waals surface area contributed by atoms with Gasteiger partial charge in [0, 0.05) is 23.0 Å². The second-order valence-corrected chi connectivity index (χ2v) is 8.13. The van der Waals surface area contributed by atoms with E-state index in [9.17, 15) is 9.59 Å². The Hall–Kier alpha value is -3.31. The summed E-state index contributed by atoms with van der Waals surface area (Å²) in [4.78, 5) is 27.5. The van der Waals surface area contributed by atoms with Gasteiger partial charge in [-0.25, -0.2) is 4.79 Å². The maximum Gasteiger partial charge on any atom is 0.323 e. The van der Waals surface area contributed by atoms with Crippen LogP contribution in [-0.4, -0.2) is 18.0 Å². The van der Waals surface area contributed by atoms with Crippen molar-refractivity contribution in [3.05, 3.63) is 89.4 Å². The van der Waals surface area contributed by atoms with E-state index in [0.717, 1.165) is 18.5 Å². The smallest absolute Gasteiger partial charge is 0.308 e. The van der Waals surface area contributed by atoms with Gasteiger partial charge in [-0.2, -0.15) is 0 Å². The van der Waals surface area contributed by atoms with Crippen molar-refractivity contribution in [1.29, 1.82) is 0 Å². The summed E-state index contributed by atoms with van der Waals surface area (Å²) in [6, 6.07) is 23.4. The van der Waals surface area contributed by atoms with E-state index in [0.29, 0.717) is 27.9 Å². The highest BCUT2D eigenvalue weighted by molar-refractivity contribution is 6.33. The van der Waals surface area contributed by atoms with Crippen molar-refractivity contribution >= 4 is 40.6 Å². The molecule has 3 amide bonds. The highest BCUT2D eigenvalue weighted by atomic mass is 35.5. The van der Waals surface area contributed by atoms with Crippen LogP contribution >= 0.6 is 11.6 Å². The number of para-hydroxylation sites is 2. The third-order valence-corrected chi connectivity index (χ3v) is 5.81. The standard InChI is InChI=1S/C25H24ClN3O2/c1-17(18-11-12-18)29(21-7-3-2-4-8-21)24(30)19-13-15-20(16-14-19)27-25(31)28-23-10-6-5-9-22(23)26/h2-10,13-18H,11-12H2,1H3,(H2,27,28,31). The monoisotopic (exact) mass is 433 g/mol. The van der Waals surface area contributed by atoms with E-state index in [1.807, 2.05) is 35.2 Å². The number of benzene rings is 3. The first-order chi connectivity index (χ1) is 15.0. The molecule has 3 aromatic carbocycles. The van der Waals surface area contributed by atoms with Gasteiger partial charge in [0.2, 0.25) is 0 Å². The zero-order chi connectivity index (χ0) is 21.8. The summed E-state index contributed by atoms with van der Waals surface area (Å²) >= 11 is 6.07. The minimum atomic E-state index is -0.402. The number of rotatable bonds is 6. The maximum atomic E-state index is 13.3. The fraction of sp³-hybridized carbons (Fsp3) is 0.200. The molecule has 1 aliphatic carbocycles. The molecule has 4 rings (SSSR count). The van der Waals surface area contributed by atoms with Gasteiger partial charge in [0.15, 0.2) is 0 Å². The molecule has 3 aromatic rings. The normalized spacial score (nSPS) is 13.9. The highest BCUT2D eigenvalue weighted by Crippen LogP contribution is 2.37. The van der Waals surface area contributed by atoms with Crippen molar-refractivity contribution in [2.24, 2.45) is 5.92 Å². The Balaban J connectivity index is 1.46. The highest BCUT2D eigenvalue weighted by Gasteiger charge is 2.35. The number of carbonyl (C=O) groups excluding carboxylic acids is 2. The topological polar surface area (TPSA) is 61.4 Å². The molecule has 0 aromatic heterocycles. The number of amides is 3. The van der Waals surface area contributed by atoms with E-state index in [-0.39, 0.29) is 11.9 Å². The summed E-state index contributed by atoms with van der Waals surface area (Å²) in [5.74, 6) is 0.497. The molecule has 0 heterocycles. The fourth-order valence-corrected chi connectivity index (χ4v) is 3.78. The zero-order valence-electron chi connectivity index (χ0n) is 17.2. The minimum Gasteiger partial charge on any atom is -0.308 e. The lowest BCUT2D eigenvalue weighted by atomic mass is 10.1. The van der Waals surface area contributed by atoms with Gasteiger partial charge in [-0.1, -0.05) is 41.9 Å². The Bertz CT molecular complexity index is 1070. The van der Waals surface area contributed by atoms with Crippen molar-refractivity contribution in [3.8, 4) is 0 Å². The molecule has 1 atom stereocenters. The zero-order valence-corrected chi connectivity index (χ0v) is 18.0. The molecule has 0 spiro atoms. The molecule has 5 nitrogen and oxygen atoms in total. The van der Waals surface area contributed by atoms with Crippen LogP contribution in [0.15, 0.2) is 78.9 Å². The van der Waals surface area contributed by atoms with Crippen LogP contribution < -0.4 is 15.5 Å². The van der Waals surface area contributed by atoms with Gasteiger partial charge in [-0.3, -0.25) is 4.79 Å². The van der Waals surface area contributed by atoms with Gasteiger partial charge < -0.3 is 15.5 Å². The van der Waals surface area contributed by atoms with E-state index in [4.69, 9.17) is 11.6 Å². The Morgan fingerprint density at radius 2 is 1.55 bits per heavy atom. The number of anilines is 3. The number of hydrogen-bond donors (Lipinski definition) is 2. The SMILES string of the molecule is CC(C1CC1)N(C(=O)c1ccc(NC(=O)Nc2ccccc2Cl)cc1)c1ccccc1. The van der Waals surface area contributed by atoms with Crippen molar-refractivity contribution in [3.63, 3.8) is 0 Å². The van der Waals surface area contributed by atoms with Crippen LogP contribution in [0.5, 0.6) is 0 Å². The molecule has 6 heteroatoms. The lowest BCUT2D eigenvalue weighted by molar-refractivity contribution is 0.0975. The number of nitrogens with zero attached hydrogens (tertiary/aromatic N) is 1. The van der Waals surface area contributed by atoms with Gasteiger partial charge in [-0.05, 0) is 74.2 Å². The van der Waals surface area contributed by atoms with Gasteiger partial charge >= 0.3 is 6.03 Å². The van der Waals surface area contributed by atoms with Crippen molar-refractivity contribution in [1.82, 2.24) is 0 Å². The lowest BCUT2D eigenvalue weighted by Crippen LogP contribution is -2.40. The molecule has 1 fully saturated rings. The average molecular weight is 434 g/mol. The first-order valence-electron chi connectivity index (χ1n) is 10.3. The van der Waals surface area contributed by atoms with E-state index < -0.39 is 6.03 Å². The van der Waals surface area contributed by atoms with Crippen LogP contribution in [0.25, 0.3) is 0 Å². The Morgan fingerprint density at radius 3 is 2.19 bits per heavy atom. The van der Waals surface area contributed by atoms with Crippen molar-refractivity contribution in [2.45, 2.75) is 25.8 Å². The molecule has 1 aliphatic rings. The van der Waals surface area contributed by atoms with Crippen LogP contribution in [0.3, 0.4) is 0 Å². The molecule has 0 aliphatic heterocycles. The van der Waals surface area contributed by atoms with E-state index >= 15 is 0 Å². The predicted octanol–water partition coefficient (Wildman–Crippen LogP) is 6.43. The van der Waals surface area contributed by atoms with E-state index in [1.165, 1.54) is 0 Å². The summed E-state index contributed by atoms with van der Waals surface area (Å²) in [6.07, 6.45) is 2.31. The molecule has 31 heavy (non-hydrogen) atoms. The molecule has 158 valence electrons. The average Bonchev–Trinajstić information content (AvgIpc) is 3.62. The molecule has 2 N–H and O–H groups in total. The van der Waals surface area contributed by atoms with Crippen LogP contribution in [0, 0.1) is 5.92 Å². The molecule has 1 unspecified atom stereocenters. The number of halogens is 1. The van der Waals surface area contributed by atoms with E-state index in [2.05, 4.69) is 17.6 Å².